The van der Waals surface area contributed by atoms with Crippen molar-refractivity contribution in [1.82, 2.24) is 15.1 Å². The molecule has 2 aromatic carbocycles. The number of ether oxygens (including phenoxy) is 1. The lowest BCUT2D eigenvalue weighted by atomic mass is 10.1. The van der Waals surface area contributed by atoms with Crippen LogP contribution in [0, 0.1) is 13.8 Å². The Morgan fingerprint density at radius 2 is 1.92 bits per heavy atom. The summed E-state index contributed by atoms with van der Waals surface area (Å²) in [6, 6.07) is 17.4. The van der Waals surface area contributed by atoms with Crippen LogP contribution in [0.1, 0.15) is 27.3 Å². The van der Waals surface area contributed by atoms with Gasteiger partial charge in [0.2, 0.25) is 0 Å². The van der Waals surface area contributed by atoms with Crippen molar-refractivity contribution in [3.8, 4) is 11.4 Å². The summed E-state index contributed by atoms with van der Waals surface area (Å²) >= 11 is 0. The molecule has 128 valence electrons. The second-order valence-electron chi connectivity index (χ2n) is 5.96. The molecule has 1 amide bonds. The maximum absolute atomic E-state index is 12.4. The third kappa shape index (κ3) is 3.88. The Hall–Kier alpha value is -3.08. The highest BCUT2D eigenvalue weighted by atomic mass is 16.5. The van der Waals surface area contributed by atoms with E-state index in [1.807, 2.05) is 56.3 Å². The maximum Gasteiger partial charge on any atom is 0.272 e. The number of carbonyl (C=O) groups is 1. The molecule has 1 aromatic heterocycles. The Balaban J connectivity index is 1.76. The number of aryl methyl sites for hydroxylation is 2. The van der Waals surface area contributed by atoms with Crippen LogP contribution in [-0.4, -0.2) is 22.8 Å². The molecule has 0 fully saturated rings. The first kappa shape index (κ1) is 16.8. The van der Waals surface area contributed by atoms with Gasteiger partial charge in [-0.25, -0.2) is 4.68 Å². The van der Waals surface area contributed by atoms with E-state index in [9.17, 15) is 4.79 Å². The van der Waals surface area contributed by atoms with Crippen LogP contribution in [0.15, 0.2) is 54.6 Å². The molecular weight excluding hydrogens is 314 g/mol. The normalized spacial score (nSPS) is 10.5. The maximum atomic E-state index is 12.4. The number of methoxy groups -OCH3 is 1. The number of hydrogen-bond donors (Lipinski definition) is 1. The molecule has 1 N–H and O–H groups in total. The lowest BCUT2D eigenvalue weighted by Gasteiger charge is -2.06. The summed E-state index contributed by atoms with van der Waals surface area (Å²) in [4.78, 5) is 12.4. The van der Waals surface area contributed by atoms with Gasteiger partial charge < -0.3 is 10.1 Å². The number of nitrogens with zero attached hydrogens (tertiary/aromatic N) is 2. The van der Waals surface area contributed by atoms with Gasteiger partial charge in [0.1, 0.15) is 5.75 Å². The highest BCUT2D eigenvalue weighted by Crippen LogP contribution is 2.18. The van der Waals surface area contributed by atoms with Gasteiger partial charge >= 0.3 is 0 Å². The van der Waals surface area contributed by atoms with E-state index in [4.69, 9.17) is 4.74 Å². The second-order valence-corrected chi connectivity index (χ2v) is 5.96. The smallest absolute Gasteiger partial charge is 0.272 e. The van der Waals surface area contributed by atoms with E-state index in [1.54, 1.807) is 17.9 Å². The van der Waals surface area contributed by atoms with Crippen molar-refractivity contribution in [3.63, 3.8) is 0 Å². The average Bonchev–Trinajstić information content (AvgIpc) is 3.01. The standard InChI is InChI=1S/C20H21N3O2/c1-14-6-4-7-16(10-14)13-21-20(24)19-11-15(2)23(22-19)17-8-5-9-18(12-17)25-3/h4-12H,13H2,1-3H3,(H,21,24). The molecule has 5 heteroatoms. The molecule has 0 radical (unpaired) electrons. The van der Waals surface area contributed by atoms with E-state index >= 15 is 0 Å². The van der Waals surface area contributed by atoms with Gasteiger partial charge in [0.25, 0.3) is 5.91 Å². The minimum Gasteiger partial charge on any atom is -0.497 e. The monoisotopic (exact) mass is 335 g/mol. The molecule has 0 unspecified atom stereocenters. The van der Waals surface area contributed by atoms with Crippen LogP contribution in [-0.2, 0) is 6.54 Å². The summed E-state index contributed by atoms with van der Waals surface area (Å²) in [7, 11) is 1.62. The van der Waals surface area contributed by atoms with Crippen LogP contribution >= 0.6 is 0 Å². The molecule has 0 aliphatic rings. The lowest BCUT2D eigenvalue weighted by molar-refractivity contribution is 0.0945. The predicted octanol–water partition coefficient (Wildman–Crippen LogP) is 3.43. The molecule has 0 aliphatic carbocycles. The first-order chi connectivity index (χ1) is 12.1. The molecule has 0 aliphatic heterocycles. The Bertz CT molecular complexity index is 899. The third-order valence-electron chi connectivity index (χ3n) is 3.95. The zero-order valence-corrected chi connectivity index (χ0v) is 14.6. The van der Waals surface area contributed by atoms with Crippen molar-refractivity contribution in [2.75, 3.05) is 7.11 Å². The highest BCUT2D eigenvalue weighted by molar-refractivity contribution is 5.92. The fourth-order valence-corrected chi connectivity index (χ4v) is 2.68. The fraction of sp³-hybridized carbons (Fsp3) is 0.200. The molecule has 0 saturated heterocycles. The Labute approximate surface area is 147 Å². The van der Waals surface area contributed by atoms with Gasteiger partial charge in [0.15, 0.2) is 5.69 Å². The SMILES string of the molecule is COc1cccc(-n2nc(C(=O)NCc3cccc(C)c3)cc2C)c1. The summed E-state index contributed by atoms with van der Waals surface area (Å²) in [6.45, 7) is 4.43. The first-order valence-electron chi connectivity index (χ1n) is 8.11. The number of rotatable bonds is 5. The highest BCUT2D eigenvalue weighted by Gasteiger charge is 2.13. The molecule has 0 saturated carbocycles. The average molecular weight is 335 g/mol. The molecule has 0 bridgehead atoms. The molecule has 0 atom stereocenters. The van der Waals surface area contributed by atoms with Gasteiger partial charge in [0.05, 0.1) is 12.8 Å². The van der Waals surface area contributed by atoms with Crippen molar-refractivity contribution >= 4 is 5.91 Å². The number of hydrogen-bond acceptors (Lipinski definition) is 3. The van der Waals surface area contributed by atoms with Gasteiger partial charge in [-0.2, -0.15) is 5.10 Å². The molecule has 5 nitrogen and oxygen atoms in total. The van der Waals surface area contributed by atoms with Gasteiger partial charge in [-0.3, -0.25) is 4.79 Å². The van der Waals surface area contributed by atoms with E-state index in [2.05, 4.69) is 16.5 Å². The number of carbonyl (C=O) groups excluding carboxylic acids is 1. The first-order valence-corrected chi connectivity index (χ1v) is 8.11. The van der Waals surface area contributed by atoms with Crippen LogP contribution in [0.25, 0.3) is 5.69 Å². The van der Waals surface area contributed by atoms with Crippen LogP contribution in [0.5, 0.6) is 5.75 Å². The van der Waals surface area contributed by atoms with E-state index in [-0.39, 0.29) is 5.91 Å². The number of amides is 1. The van der Waals surface area contributed by atoms with Gasteiger partial charge in [0, 0.05) is 18.3 Å². The van der Waals surface area contributed by atoms with Crippen molar-refractivity contribution in [2.45, 2.75) is 20.4 Å². The minimum atomic E-state index is -0.189. The van der Waals surface area contributed by atoms with Crippen LogP contribution < -0.4 is 10.1 Å². The molecule has 1 heterocycles. The Morgan fingerprint density at radius 3 is 2.68 bits per heavy atom. The zero-order chi connectivity index (χ0) is 17.8. The quantitative estimate of drug-likeness (QED) is 0.777. The predicted molar refractivity (Wildman–Crippen MR) is 97.2 cm³/mol. The van der Waals surface area contributed by atoms with Crippen molar-refractivity contribution < 1.29 is 9.53 Å². The summed E-state index contributed by atoms with van der Waals surface area (Å²) in [5.74, 6) is 0.559. The van der Waals surface area contributed by atoms with E-state index in [1.165, 1.54) is 5.56 Å². The molecule has 3 aromatic rings. The number of aromatic nitrogens is 2. The van der Waals surface area contributed by atoms with E-state index in [0.29, 0.717) is 12.2 Å². The summed E-state index contributed by atoms with van der Waals surface area (Å²) in [5, 5.41) is 7.35. The number of benzene rings is 2. The van der Waals surface area contributed by atoms with E-state index in [0.717, 1.165) is 22.7 Å². The van der Waals surface area contributed by atoms with Crippen LogP contribution in [0.3, 0.4) is 0 Å². The largest absolute Gasteiger partial charge is 0.497 e. The van der Waals surface area contributed by atoms with Gasteiger partial charge in [-0.1, -0.05) is 35.9 Å². The van der Waals surface area contributed by atoms with Crippen LogP contribution in [0.4, 0.5) is 0 Å². The van der Waals surface area contributed by atoms with E-state index < -0.39 is 0 Å². The topological polar surface area (TPSA) is 56.2 Å². The summed E-state index contributed by atoms with van der Waals surface area (Å²) in [5.41, 5.74) is 4.37. The second kappa shape index (κ2) is 7.21. The van der Waals surface area contributed by atoms with Gasteiger partial charge in [-0.15, -0.1) is 0 Å². The number of nitrogens with one attached hydrogen (secondary N) is 1. The molecule has 0 spiro atoms. The Morgan fingerprint density at radius 1 is 1.12 bits per heavy atom. The van der Waals surface area contributed by atoms with Crippen molar-refractivity contribution in [2.24, 2.45) is 0 Å². The van der Waals surface area contributed by atoms with Crippen molar-refractivity contribution in [1.29, 1.82) is 0 Å². The molecular formula is C20H21N3O2. The fourth-order valence-electron chi connectivity index (χ4n) is 2.68. The lowest BCUT2D eigenvalue weighted by Crippen LogP contribution is -2.23. The zero-order valence-electron chi connectivity index (χ0n) is 14.6. The van der Waals surface area contributed by atoms with Crippen LogP contribution in [0.2, 0.25) is 0 Å². The summed E-state index contributed by atoms with van der Waals surface area (Å²) in [6.07, 6.45) is 0. The molecule has 25 heavy (non-hydrogen) atoms. The van der Waals surface area contributed by atoms with Crippen molar-refractivity contribution in [3.05, 3.63) is 77.1 Å². The van der Waals surface area contributed by atoms with Gasteiger partial charge in [-0.05, 0) is 37.6 Å². The Kier molecular flexibility index (Phi) is 4.84. The summed E-state index contributed by atoms with van der Waals surface area (Å²) < 4.78 is 6.99. The minimum absolute atomic E-state index is 0.189. The third-order valence-corrected chi connectivity index (χ3v) is 3.95. The molecule has 3 rings (SSSR count).